The van der Waals surface area contributed by atoms with E-state index in [9.17, 15) is 19.4 Å². The van der Waals surface area contributed by atoms with E-state index in [1.807, 2.05) is 29.5 Å². The van der Waals surface area contributed by atoms with Gasteiger partial charge in [0.15, 0.2) is 0 Å². The minimum absolute atomic E-state index is 0.0839. The standard InChI is InChI=1S/C19H25FINO5/c1-4-12-7-16(20)14(8-17(12)21)18(24)15(19(25)27-6-3)9-22-13(10-23)11-26-5-2/h7-9,13,23-24H,4-6,10-11H2,1-3H3/b18-15-,22-9?/t13-/m1/s1. The number of aryl methyl sites for hydroxylation is 1. The molecule has 0 saturated heterocycles. The van der Waals surface area contributed by atoms with Crippen LogP contribution in [0.25, 0.3) is 5.76 Å². The number of hydrogen-bond donors (Lipinski definition) is 2. The Hall–Kier alpha value is -1.52. The molecule has 0 aromatic heterocycles. The maximum Gasteiger partial charge on any atom is 0.343 e. The summed E-state index contributed by atoms with van der Waals surface area (Å²) in [5.41, 5.74) is 0.398. The van der Waals surface area contributed by atoms with Gasteiger partial charge in [0.25, 0.3) is 0 Å². The van der Waals surface area contributed by atoms with E-state index in [2.05, 4.69) is 4.99 Å². The van der Waals surface area contributed by atoms with Crippen LogP contribution < -0.4 is 0 Å². The predicted octanol–water partition coefficient (Wildman–Crippen LogP) is 3.29. The average Bonchev–Trinajstić information content (AvgIpc) is 2.65. The zero-order chi connectivity index (χ0) is 20.4. The van der Waals surface area contributed by atoms with Crippen LogP contribution in [0.3, 0.4) is 0 Å². The van der Waals surface area contributed by atoms with E-state index in [1.165, 1.54) is 12.1 Å². The van der Waals surface area contributed by atoms with Crippen molar-refractivity contribution >= 4 is 40.5 Å². The molecule has 1 aromatic carbocycles. The quantitative estimate of drug-likeness (QED) is 0.172. The molecule has 0 aliphatic heterocycles. The second-order valence-corrected chi connectivity index (χ2v) is 6.70. The lowest BCUT2D eigenvalue weighted by Gasteiger charge is -2.12. The molecule has 0 unspecified atom stereocenters. The molecule has 0 amide bonds. The minimum Gasteiger partial charge on any atom is -0.506 e. The van der Waals surface area contributed by atoms with Crippen molar-refractivity contribution in [3.05, 3.63) is 38.2 Å². The summed E-state index contributed by atoms with van der Waals surface area (Å²) < 4.78 is 25.4. The Morgan fingerprint density at radius 2 is 2.04 bits per heavy atom. The molecular weight excluding hydrogens is 468 g/mol. The molecule has 0 fully saturated rings. The first-order valence-electron chi connectivity index (χ1n) is 8.69. The highest BCUT2D eigenvalue weighted by atomic mass is 127. The van der Waals surface area contributed by atoms with Gasteiger partial charge in [-0.1, -0.05) is 6.92 Å². The molecule has 0 spiro atoms. The molecule has 2 N–H and O–H groups in total. The van der Waals surface area contributed by atoms with E-state index in [-0.39, 0.29) is 31.0 Å². The summed E-state index contributed by atoms with van der Waals surface area (Å²) in [6.45, 7) is 5.71. The Morgan fingerprint density at radius 1 is 1.33 bits per heavy atom. The number of nitrogens with zero attached hydrogens (tertiary/aromatic N) is 1. The van der Waals surface area contributed by atoms with Crippen LogP contribution in [-0.2, 0) is 20.7 Å². The summed E-state index contributed by atoms with van der Waals surface area (Å²) in [6, 6.07) is 2.19. The highest BCUT2D eigenvalue weighted by Crippen LogP contribution is 2.25. The topological polar surface area (TPSA) is 88.4 Å². The van der Waals surface area contributed by atoms with Crippen molar-refractivity contribution < 1.29 is 28.9 Å². The molecule has 6 nitrogen and oxygen atoms in total. The Kier molecular flexibility index (Phi) is 10.5. The van der Waals surface area contributed by atoms with Gasteiger partial charge < -0.3 is 19.7 Å². The minimum atomic E-state index is -0.833. The molecule has 0 heterocycles. The van der Waals surface area contributed by atoms with Crippen molar-refractivity contribution in [2.75, 3.05) is 26.4 Å². The fourth-order valence-corrected chi connectivity index (χ4v) is 3.03. The number of ether oxygens (including phenoxy) is 2. The zero-order valence-electron chi connectivity index (χ0n) is 15.7. The van der Waals surface area contributed by atoms with Gasteiger partial charge in [-0.25, -0.2) is 9.18 Å². The number of halogens is 2. The van der Waals surface area contributed by atoms with Gasteiger partial charge in [-0.05, 0) is 60.6 Å². The molecule has 0 aliphatic carbocycles. The highest BCUT2D eigenvalue weighted by molar-refractivity contribution is 14.1. The van der Waals surface area contributed by atoms with Crippen molar-refractivity contribution in [3.63, 3.8) is 0 Å². The molecule has 0 radical (unpaired) electrons. The molecular formula is C19H25FINO5. The van der Waals surface area contributed by atoms with Crippen LogP contribution in [0.15, 0.2) is 22.7 Å². The molecule has 27 heavy (non-hydrogen) atoms. The number of esters is 1. The van der Waals surface area contributed by atoms with Crippen LogP contribution in [0.4, 0.5) is 4.39 Å². The summed E-state index contributed by atoms with van der Waals surface area (Å²) in [4.78, 5) is 16.3. The monoisotopic (exact) mass is 493 g/mol. The molecule has 150 valence electrons. The summed E-state index contributed by atoms with van der Waals surface area (Å²) >= 11 is 2.05. The molecule has 1 aromatic rings. The van der Waals surface area contributed by atoms with E-state index < -0.39 is 23.6 Å². The Bertz CT molecular complexity index is 706. The largest absolute Gasteiger partial charge is 0.506 e. The van der Waals surface area contributed by atoms with Crippen molar-refractivity contribution in [1.29, 1.82) is 0 Å². The summed E-state index contributed by atoms with van der Waals surface area (Å²) in [7, 11) is 0. The third-order valence-corrected chi connectivity index (χ3v) is 4.67. The molecule has 0 aliphatic rings. The van der Waals surface area contributed by atoms with Gasteiger partial charge in [0, 0.05) is 16.4 Å². The van der Waals surface area contributed by atoms with E-state index >= 15 is 0 Å². The average molecular weight is 493 g/mol. The van der Waals surface area contributed by atoms with E-state index in [0.717, 1.165) is 15.3 Å². The number of aliphatic imine (C=N–C) groups is 1. The molecule has 0 bridgehead atoms. The first-order chi connectivity index (χ1) is 12.9. The van der Waals surface area contributed by atoms with Gasteiger partial charge in [0.1, 0.15) is 17.1 Å². The molecule has 0 saturated carbocycles. The molecule has 8 heteroatoms. The molecule has 1 atom stereocenters. The first kappa shape index (κ1) is 23.5. The van der Waals surface area contributed by atoms with Gasteiger partial charge in [-0.2, -0.15) is 0 Å². The number of carbonyl (C=O) groups excluding carboxylic acids is 1. The van der Waals surface area contributed by atoms with E-state index in [1.54, 1.807) is 13.8 Å². The number of rotatable bonds is 10. The van der Waals surface area contributed by atoms with Crippen LogP contribution in [0.5, 0.6) is 0 Å². The van der Waals surface area contributed by atoms with Crippen LogP contribution in [0.1, 0.15) is 31.9 Å². The normalized spacial score (nSPS) is 13.6. The number of hydrogen-bond acceptors (Lipinski definition) is 6. The smallest absolute Gasteiger partial charge is 0.343 e. The predicted molar refractivity (Wildman–Crippen MR) is 111 cm³/mol. The van der Waals surface area contributed by atoms with E-state index in [4.69, 9.17) is 9.47 Å². The maximum atomic E-state index is 14.5. The summed E-state index contributed by atoms with van der Waals surface area (Å²) in [5, 5.41) is 19.9. The fourth-order valence-electron chi connectivity index (χ4n) is 2.18. The second kappa shape index (κ2) is 12.0. The SMILES string of the molecule is CCOC[C@@H](CO)N=C/C(C(=O)OCC)=C(/O)c1cc(I)c(CC)cc1F. The van der Waals surface area contributed by atoms with Gasteiger partial charge in [0.2, 0.25) is 0 Å². The van der Waals surface area contributed by atoms with Crippen LogP contribution in [-0.4, -0.2) is 54.9 Å². The Morgan fingerprint density at radius 3 is 2.59 bits per heavy atom. The van der Waals surface area contributed by atoms with Crippen LogP contribution in [0.2, 0.25) is 0 Å². The van der Waals surface area contributed by atoms with Crippen molar-refractivity contribution in [2.45, 2.75) is 33.2 Å². The van der Waals surface area contributed by atoms with Gasteiger partial charge in [-0.3, -0.25) is 4.99 Å². The lowest BCUT2D eigenvalue weighted by Crippen LogP contribution is -2.20. The van der Waals surface area contributed by atoms with Crippen LogP contribution in [0, 0.1) is 9.39 Å². The number of benzene rings is 1. The Labute approximate surface area is 172 Å². The van der Waals surface area contributed by atoms with Crippen molar-refractivity contribution in [3.8, 4) is 0 Å². The second-order valence-electron chi connectivity index (χ2n) is 5.53. The summed E-state index contributed by atoms with van der Waals surface area (Å²) in [6.07, 6.45) is 1.73. The van der Waals surface area contributed by atoms with Gasteiger partial charge >= 0.3 is 5.97 Å². The highest BCUT2D eigenvalue weighted by Gasteiger charge is 2.20. The fraction of sp³-hybridized carbons (Fsp3) is 0.474. The van der Waals surface area contributed by atoms with Gasteiger partial charge in [-0.15, -0.1) is 0 Å². The Balaban J connectivity index is 3.36. The lowest BCUT2D eigenvalue weighted by atomic mass is 10.0. The van der Waals surface area contributed by atoms with Gasteiger partial charge in [0.05, 0.1) is 31.4 Å². The van der Waals surface area contributed by atoms with Crippen LogP contribution >= 0.6 is 22.6 Å². The zero-order valence-corrected chi connectivity index (χ0v) is 17.8. The third-order valence-electron chi connectivity index (χ3n) is 3.66. The summed E-state index contributed by atoms with van der Waals surface area (Å²) in [5.74, 6) is -2.04. The number of aliphatic hydroxyl groups is 2. The van der Waals surface area contributed by atoms with Crippen molar-refractivity contribution in [1.82, 2.24) is 0 Å². The first-order valence-corrected chi connectivity index (χ1v) is 9.77. The lowest BCUT2D eigenvalue weighted by molar-refractivity contribution is -0.137. The maximum absolute atomic E-state index is 14.5. The number of aliphatic hydroxyl groups excluding tert-OH is 2. The number of carbonyl (C=O) groups is 1. The van der Waals surface area contributed by atoms with E-state index in [0.29, 0.717) is 13.0 Å². The third kappa shape index (κ3) is 6.86. The van der Waals surface area contributed by atoms with Crippen molar-refractivity contribution in [2.24, 2.45) is 4.99 Å². The molecule has 1 rings (SSSR count).